The van der Waals surface area contributed by atoms with E-state index in [0.29, 0.717) is 10.7 Å². The lowest BCUT2D eigenvalue weighted by Gasteiger charge is -2.15. The van der Waals surface area contributed by atoms with Crippen LogP contribution in [-0.2, 0) is 0 Å². The Bertz CT molecular complexity index is 474. The van der Waals surface area contributed by atoms with Gasteiger partial charge in [0.2, 0.25) is 0 Å². The summed E-state index contributed by atoms with van der Waals surface area (Å²) in [5.74, 6) is 0.570. The molecule has 16 heavy (non-hydrogen) atoms. The van der Waals surface area contributed by atoms with Gasteiger partial charge in [0.25, 0.3) is 0 Å². The normalized spacial score (nSPS) is 14.9. The first-order valence-electron chi connectivity index (χ1n) is 5.65. The molecule has 2 aromatic rings. The largest absolute Gasteiger partial charge is 0.264 e. The molecule has 1 heterocycles. The molecule has 0 saturated heterocycles. The van der Waals surface area contributed by atoms with Gasteiger partial charge in [-0.2, -0.15) is 0 Å². The molecule has 0 amide bonds. The molecule has 2 rings (SSSR count). The fraction of sp³-hybridized carbons (Fsp3) is 0.357. The molecule has 0 aliphatic carbocycles. The van der Waals surface area contributed by atoms with Crippen molar-refractivity contribution >= 4 is 26.7 Å². The zero-order chi connectivity index (χ0) is 11.5. The summed E-state index contributed by atoms with van der Waals surface area (Å²) in [7, 11) is 0. The zero-order valence-corrected chi connectivity index (χ0v) is 11.2. The molecule has 0 bridgehead atoms. The highest BCUT2D eigenvalue weighted by Gasteiger charge is 2.11. The molecule has 0 fully saturated rings. The monoisotopic (exact) mass is 277 g/mol. The summed E-state index contributed by atoms with van der Waals surface area (Å²) in [6, 6.07) is 8.58. The molecule has 1 nitrogen and oxygen atoms in total. The van der Waals surface area contributed by atoms with Crippen LogP contribution in [-0.4, -0.2) is 9.81 Å². The molecule has 1 aromatic carbocycles. The second-order valence-corrected chi connectivity index (χ2v) is 5.92. The predicted molar refractivity (Wildman–Crippen MR) is 73.2 cm³/mol. The quantitative estimate of drug-likeness (QED) is 0.753. The number of fused-ring (bicyclic) bond motifs is 1. The minimum absolute atomic E-state index is 0.555. The molecular weight excluding hydrogens is 262 g/mol. The number of alkyl halides is 1. The second-order valence-electron chi connectivity index (χ2n) is 4.36. The van der Waals surface area contributed by atoms with E-state index in [1.807, 2.05) is 12.4 Å². The van der Waals surface area contributed by atoms with Gasteiger partial charge in [-0.15, -0.1) is 0 Å². The fourth-order valence-corrected chi connectivity index (χ4v) is 2.75. The van der Waals surface area contributed by atoms with Crippen LogP contribution in [0.2, 0.25) is 0 Å². The minimum atomic E-state index is 0.555. The Morgan fingerprint density at radius 2 is 2.06 bits per heavy atom. The standard InChI is InChI=1S/C14H16BrN/c1-10(8-11(2)15)13-5-3-4-12-9-16-7-6-14(12)13/h3-7,9-11H,8H2,1-2H3. The van der Waals surface area contributed by atoms with Gasteiger partial charge >= 0.3 is 0 Å². The zero-order valence-electron chi connectivity index (χ0n) is 9.65. The van der Waals surface area contributed by atoms with Crippen molar-refractivity contribution in [3.63, 3.8) is 0 Å². The molecule has 2 atom stereocenters. The van der Waals surface area contributed by atoms with E-state index in [0.717, 1.165) is 6.42 Å². The van der Waals surface area contributed by atoms with Crippen molar-refractivity contribution in [1.29, 1.82) is 0 Å². The van der Waals surface area contributed by atoms with E-state index in [1.54, 1.807) is 0 Å². The molecular formula is C14H16BrN. The maximum absolute atomic E-state index is 4.16. The highest BCUT2D eigenvalue weighted by atomic mass is 79.9. The van der Waals surface area contributed by atoms with Gasteiger partial charge in [0.1, 0.15) is 0 Å². The van der Waals surface area contributed by atoms with E-state index in [-0.39, 0.29) is 0 Å². The summed E-state index contributed by atoms with van der Waals surface area (Å²) in [5.41, 5.74) is 1.42. The van der Waals surface area contributed by atoms with Crippen LogP contribution >= 0.6 is 15.9 Å². The van der Waals surface area contributed by atoms with E-state index in [2.05, 4.69) is 59.0 Å². The van der Waals surface area contributed by atoms with Crippen molar-refractivity contribution in [1.82, 2.24) is 4.98 Å². The summed E-state index contributed by atoms with van der Waals surface area (Å²) < 4.78 is 0. The Kier molecular flexibility index (Phi) is 3.59. The molecule has 1 aromatic heterocycles. The van der Waals surface area contributed by atoms with Crippen LogP contribution in [0, 0.1) is 0 Å². The number of aromatic nitrogens is 1. The van der Waals surface area contributed by atoms with Gasteiger partial charge in [-0.25, -0.2) is 0 Å². The molecule has 0 radical (unpaired) electrons. The molecule has 0 spiro atoms. The third-order valence-electron chi connectivity index (χ3n) is 2.92. The van der Waals surface area contributed by atoms with Crippen molar-refractivity contribution in [3.05, 3.63) is 42.2 Å². The Labute approximate surface area is 105 Å². The van der Waals surface area contributed by atoms with Crippen molar-refractivity contribution in [2.75, 3.05) is 0 Å². The van der Waals surface area contributed by atoms with Crippen molar-refractivity contribution in [3.8, 4) is 0 Å². The number of hydrogen-bond acceptors (Lipinski definition) is 1. The van der Waals surface area contributed by atoms with Gasteiger partial charge in [0, 0.05) is 22.6 Å². The average Bonchev–Trinajstić information content (AvgIpc) is 2.27. The van der Waals surface area contributed by atoms with Gasteiger partial charge < -0.3 is 0 Å². The van der Waals surface area contributed by atoms with E-state index >= 15 is 0 Å². The van der Waals surface area contributed by atoms with E-state index in [4.69, 9.17) is 0 Å². The predicted octanol–water partition coefficient (Wildman–Crippen LogP) is 4.51. The van der Waals surface area contributed by atoms with Crippen LogP contribution in [0.25, 0.3) is 10.8 Å². The average molecular weight is 278 g/mol. The number of benzene rings is 1. The van der Waals surface area contributed by atoms with Crippen LogP contribution in [0.3, 0.4) is 0 Å². The topological polar surface area (TPSA) is 12.9 Å². The number of halogens is 1. The lowest BCUT2D eigenvalue weighted by molar-refractivity contribution is 0.686. The van der Waals surface area contributed by atoms with Crippen molar-refractivity contribution in [2.24, 2.45) is 0 Å². The lowest BCUT2D eigenvalue weighted by Crippen LogP contribution is -2.01. The van der Waals surface area contributed by atoms with Gasteiger partial charge in [-0.3, -0.25) is 4.98 Å². The third kappa shape index (κ3) is 2.43. The van der Waals surface area contributed by atoms with E-state index in [1.165, 1.54) is 16.3 Å². The first-order chi connectivity index (χ1) is 7.68. The third-order valence-corrected chi connectivity index (χ3v) is 3.30. The summed E-state index contributed by atoms with van der Waals surface area (Å²) in [6.45, 7) is 4.48. The van der Waals surface area contributed by atoms with E-state index in [9.17, 15) is 0 Å². The fourth-order valence-electron chi connectivity index (χ4n) is 2.19. The summed E-state index contributed by atoms with van der Waals surface area (Å²) in [5, 5.41) is 2.56. The van der Waals surface area contributed by atoms with Crippen LogP contribution in [0.5, 0.6) is 0 Å². The van der Waals surface area contributed by atoms with Crippen molar-refractivity contribution < 1.29 is 0 Å². The summed E-state index contributed by atoms with van der Waals surface area (Å²) >= 11 is 3.62. The summed E-state index contributed by atoms with van der Waals surface area (Å²) in [6.07, 6.45) is 4.96. The van der Waals surface area contributed by atoms with Gasteiger partial charge in [-0.1, -0.05) is 48.0 Å². The molecule has 0 aliphatic rings. The Morgan fingerprint density at radius 1 is 1.25 bits per heavy atom. The molecule has 0 aliphatic heterocycles. The maximum atomic E-state index is 4.16. The number of nitrogens with zero attached hydrogens (tertiary/aromatic N) is 1. The van der Waals surface area contributed by atoms with Crippen molar-refractivity contribution in [2.45, 2.75) is 31.0 Å². The highest BCUT2D eigenvalue weighted by molar-refractivity contribution is 9.09. The Balaban J connectivity index is 2.44. The van der Waals surface area contributed by atoms with Crippen LogP contribution in [0.1, 0.15) is 31.7 Å². The molecule has 84 valence electrons. The molecule has 0 saturated carbocycles. The number of rotatable bonds is 3. The van der Waals surface area contributed by atoms with Gasteiger partial charge in [0.05, 0.1) is 0 Å². The molecule has 2 unspecified atom stereocenters. The Morgan fingerprint density at radius 3 is 2.81 bits per heavy atom. The van der Waals surface area contributed by atoms with E-state index < -0.39 is 0 Å². The van der Waals surface area contributed by atoms with Gasteiger partial charge in [0.15, 0.2) is 0 Å². The van der Waals surface area contributed by atoms with Gasteiger partial charge in [-0.05, 0) is 29.4 Å². The smallest absolute Gasteiger partial charge is 0.0346 e. The first kappa shape index (κ1) is 11.6. The first-order valence-corrected chi connectivity index (χ1v) is 6.56. The minimum Gasteiger partial charge on any atom is -0.264 e. The Hall–Kier alpha value is -0.890. The summed E-state index contributed by atoms with van der Waals surface area (Å²) in [4.78, 5) is 4.72. The second kappa shape index (κ2) is 4.96. The lowest BCUT2D eigenvalue weighted by atomic mass is 9.92. The molecule has 0 N–H and O–H groups in total. The number of pyridine rings is 1. The molecule has 2 heteroatoms. The SMILES string of the molecule is CC(Br)CC(C)c1cccc2cnccc12. The van der Waals surface area contributed by atoms with Crippen LogP contribution in [0.4, 0.5) is 0 Å². The van der Waals surface area contributed by atoms with Crippen LogP contribution < -0.4 is 0 Å². The number of hydrogen-bond donors (Lipinski definition) is 0. The highest BCUT2D eigenvalue weighted by Crippen LogP contribution is 2.29. The van der Waals surface area contributed by atoms with Crippen LogP contribution in [0.15, 0.2) is 36.7 Å². The maximum Gasteiger partial charge on any atom is 0.0346 e.